The van der Waals surface area contributed by atoms with Crippen molar-refractivity contribution in [1.82, 2.24) is 9.55 Å². The van der Waals surface area contributed by atoms with Crippen LogP contribution in [0.15, 0.2) is 35.5 Å². The van der Waals surface area contributed by atoms with E-state index in [1.807, 2.05) is 24.3 Å². The van der Waals surface area contributed by atoms with E-state index in [1.165, 1.54) is 5.57 Å². The molecule has 1 saturated carbocycles. The summed E-state index contributed by atoms with van der Waals surface area (Å²) in [6, 6.07) is 7.87. The molecule has 1 fully saturated rings. The first-order valence-electron chi connectivity index (χ1n) is 10.5. The van der Waals surface area contributed by atoms with Crippen molar-refractivity contribution in [3.63, 3.8) is 0 Å². The van der Waals surface area contributed by atoms with Crippen molar-refractivity contribution in [3.8, 4) is 0 Å². The van der Waals surface area contributed by atoms with Crippen LogP contribution >= 0.6 is 0 Å². The van der Waals surface area contributed by atoms with Crippen LogP contribution in [-0.2, 0) is 4.79 Å². The number of benzene rings is 1. The lowest BCUT2D eigenvalue weighted by Crippen LogP contribution is -2.62. The standard InChI is InChI=1S/C22H29N2O4/c25-10-8-23(9-11-26)17-13-24(28)18-7-2-1-5-16(18)21-19(27)12-14-4-3-6-15(17)20(14)22(21)24/h1-2,5,7,14-15,17,21,25-26,28H,3-4,6,8-13H2/q+1. The predicted molar refractivity (Wildman–Crippen MR) is 105 cm³/mol. The van der Waals surface area contributed by atoms with Gasteiger partial charge in [0.2, 0.25) is 0 Å². The number of fused-ring (bicyclic) bond motifs is 3. The van der Waals surface area contributed by atoms with E-state index in [2.05, 4.69) is 4.90 Å². The Morgan fingerprint density at radius 1 is 1.11 bits per heavy atom. The maximum absolute atomic E-state index is 13.1. The lowest BCUT2D eigenvalue weighted by atomic mass is 9.64. The van der Waals surface area contributed by atoms with Gasteiger partial charge in [-0.25, -0.2) is 5.21 Å². The molecule has 1 aromatic carbocycles. The number of aliphatic hydroxyl groups is 2. The molecular formula is C22H29N2O4+. The van der Waals surface area contributed by atoms with Gasteiger partial charge in [0.25, 0.3) is 0 Å². The summed E-state index contributed by atoms with van der Waals surface area (Å²) in [4.78, 5) is 15.2. The minimum Gasteiger partial charge on any atom is -0.395 e. The molecule has 150 valence electrons. The van der Waals surface area contributed by atoms with Gasteiger partial charge in [-0.15, -0.1) is 4.65 Å². The Morgan fingerprint density at radius 2 is 1.86 bits per heavy atom. The molecule has 6 nitrogen and oxygen atoms in total. The molecule has 0 spiro atoms. The zero-order valence-corrected chi connectivity index (χ0v) is 16.1. The fourth-order valence-electron chi connectivity index (χ4n) is 6.50. The quantitative estimate of drug-likeness (QED) is 0.674. The summed E-state index contributed by atoms with van der Waals surface area (Å²) >= 11 is 0. The van der Waals surface area contributed by atoms with Crippen LogP contribution in [0.4, 0.5) is 5.69 Å². The van der Waals surface area contributed by atoms with E-state index < -0.39 is 0 Å². The maximum Gasteiger partial charge on any atom is 0.174 e. The van der Waals surface area contributed by atoms with Gasteiger partial charge in [0.15, 0.2) is 17.2 Å². The number of rotatable bonds is 5. The molecule has 1 aromatic rings. The molecule has 2 heterocycles. The molecule has 28 heavy (non-hydrogen) atoms. The van der Waals surface area contributed by atoms with Crippen LogP contribution in [0.5, 0.6) is 0 Å². The number of Topliss-reactive ketones (excluding diaryl/α,β-unsaturated/α-hetero) is 1. The van der Waals surface area contributed by atoms with Gasteiger partial charge < -0.3 is 10.2 Å². The third-order valence-corrected chi connectivity index (χ3v) is 7.45. The summed E-state index contributed by atoms with van der Waals surface area (Å²) in [5.74, 6) is 0.449. The van der Waals surface area contributed by atoms with E-state index in [-0.39, 0.29) is 47.4 Å². The Labute approximate surface area is 165 Å². The van der Waals surface area contributed by atoms with Crippen LogP contribution in [-0.4, -0.2) is 65.0 Å². The number of hydrogen-bond acceptors (Lipinski definition) is 5. The summed E-state index contributed by atoms with van der Waals surface area (Å²) in [5.41, 5.74) is 4.01. The van der Waals surface area contributed by atoms with Gasteiger partial charge in [0.1, 0.15) is 12.5 Å². The maximum atomic E-state index is 13.1. The van der Waals surface area contributed by atoms with Gasteiger partial charge in [0, 0.05) is 37.1 Å². The van der Waals surface area contributed by atoms with Crippen molar-refractivity contribution in [2.24, 2.45) is 11.8 Å². The molecule has 2 aliphatic heterocycles. The lowest BCUT2D eigenvalue weighted by molar-refractivity contribution is -0.126. The van der Waals surface area contributed by atoms with Crippen LogP contribution in [0.1, 0.15) is 37.2 Å². The van der Waals surface area contributed by atoms with E-state index in [0.29, 0.717) is 26.1 Å². The van der Waals surface area contributed by atoms with Gasteiger partial charge in [0.05, 0.1) is 19.3 Å². The Balaban J connectivity index is 1.70. The van der Waals surface area contributed by atoms with Crippen molar-refractivity contribution in [3.05, 3.63) is 41.1 Å². The number of allylic oxidation sites excluding steroid dienone is 1. The molecule has 0 bridgehead atoms. The number of para-hydroxylation sites is 1. The molecule has 5 unspecified atom stereocenters. The van der Waals surface area contributed by atoms with E-state index in [0.717, 1.165) is 36.2 Å². The number of aliphatic hydroxyl groups excluding tert-OH is 2. The smallest absolute Gasteiger partial charge is 0.174 e. The second-order valence-corrected chi connectivity index (χ2v) is 8.74. The summed E-state index contributed by atoms with van der Waals surface area (Å²) in [6.45, 7) is 1.50. The highest BCUT2D eigenvalue weighted by Gasteiger charge is 2.63. The van der Waals surface area contributed by atoms with Crippen LogP contribution in [0.3, 0.4) is 0 Å². The number of carbonyl (C=O) groups is 1. The van der Waals surface area contributed by atoms with Crippen molar-refractivity contribution in [2.45, 2.75) is 37.6 Å². The Hall–Kier alpha value is -1.57. The average molecular weight is 385 g/mol. The third kappa shape index (κ3) is 2.42. The molecule has 6 heteroatoms. The van der Waals surface area contributed by atoms with E-state index in [4.69, 9.17) is 0 Å². The van der Waals surface area contributed by atoms with Gasteiger partial charge in [-0.2, -0.15) is 0 Å². The first-order chi connectivity index (χ1) is 13.6. The molecule has 5 atom stereocenters. The molecule has 5 rings (SSSR count). The first-order valence-corrected chi connectivity index (χ1v) is 10.5. The molecule has 4 aliphatic rings. The zero-order valence-electron chi connectivity index (χ0n) is 16.1. The SMILES string of the molecule is O=C1CC2CCCC3C2=C2C1c1ccccc1[N+]2(O)CC3N(CCO)CCO. The van der Waals surface area contributed by atoms with E-state index in [9.17, 15) is 20.2 Å². The van der Waals surface area contributed by atoms with Crippen molar-refractivity contribution < 1.29 is 20.2 Å². The number of nitrogens with zero attached hydrogens (tertiary/aromatic N) is 2. The second-order valence-electron chi connectivity index (χ2n) is 8.74. The van der Waals surface area contributed by atoms with E-state index in [1.54, 1.807) is 0 Å². The number of ketones is 1. The Bertz CT molecular complexity index is 832. The molecule has 0 saturated heterocycles. The number of quaternary nitrogens is 1. The van der Waals surface area contributed by atoms with Gasteiger partial charge >= 0.3 is 0 Å². The molecule has 0 radical (unpaired) electrons. The Kier molecular flexibility index (Phi) is 4.45. The van der Waals surface area contributed by atoms with Crippen LogP contribution in [0.2, 0.25) is 0 Å². The van der Waals surface area contributed by atoms with E-state index >= 15 is 0 Å². The van der Waals surface area contributed by atoms with Gasteiger partial charge in [-0.1, -0.05) is 24.6 Å². The van der Waals surface area contributed by atoms with Gasteiger partial charge in [-0.3, -0.25) is 9.69 Å². The number of hydroxylamine groups is 2. The molecule has 0 aromatic heterocycles. The normalized spacial score (nSPS) is 35.9. The first kappa shape index (κ1) is 18.5. The monoisotopic (exact) mass is 385 g/mol. The second kappa shape index (κ2) is 6.75. The van der Waals surface area contributed by atoms with Crippen LogP contribution < -0.4 is 4.65 Å². The minimum atomic E-state index is -0.307. The van der Waals surface area contributed by atoms with Crippen molar-refractivity contribution in [2.75, 3.05) is 32.8 Å². The van der Waals surface area contributed by atoms with Crippen LogP contribution in [0, 0.1) is 11.8 Å². The summed E-state index contributed by atoms with van der Waals surface area (Å²) in [5, 5.41) is 31.2. The largest absolute Gasteiger partial charge is 0.395 e. The fraction of sp³-hybridized carbons (Fsp3) is 0.591. The third-order valence-electron chi connectivity index (χ3n) is 7.45. The van der Waals surface area contributed by atoms with Crippen molar-refractivity contribution in [1.29, 1.82) is 0 Å². The molecule has 0 amide bonds. The highest BCUT2D eigenvalue weighted by molar-refractivity contribution is 5.95. The molecular weight excluding hydrogens is 356 g/mol. The summed E-state index contributed by atoms with van der Waals surface area (Å²) in [6.07, 6.45) is 3.72. The van der Waals surface area contributed by atoms with Gasteiger partial charge in [-0.05, 0) is 24.3 Å². The van der Waals surface area contributed by atoms with Crippen LogP contribution in [0.25, 0.3) is 0 Å². The zero-order chi connectivity index (χ0) is 19.5. The summed E-state index contributed by atoms with van der Waals surface area (Å²) < 4.78 is -0.271. The average Bonchev–Trinajstić information content (AvgIpc) is 2.97. The highest BCUT2D eigenvalue weighted by atomic mass is 16.5. The predicted octanol–water partition coefficient (Wildman–Crippen LogP) is 1.79. The minimum absolute atomic E-state index is 0.0294. The highest BCUT2D eigenvalue weighted by Crippen LogP contribution is 2.59. The number of carbonyl (C=O) groups excluding carboxylic acids is 1. The molecule has 2 aliphatic carbocycles. The topological polar surface area (TPSA) is 81.0 Å². The number of hydrogen-bond donors (Lipinski definition) is 3. The molecule has 3 N–H and O–H groups in total. The van der Waals surface area contributed by atoms with Crippen molar-refractivity contribution >= 4 is 11.5 Å². The fourth-order valence-corrected chi connectivity index (χ4v) is 6.50. The Morgan fingerprint density at radius 3 is 2.61 bits per heavy atom. The summed E-state index contributed by atoms with van der Waals surface area (Å²) in [7, 11) is 0. The lowest BCUT2D eigenvalue weighted by Gasteiger charge is -2.50.